The standard InChI is InChI=1S/C18H24N2O4/c1-11(2)8-12(3)9-16(21)24-14-6-4-13(5-7-14)10-15-17(22)20-18(23)19-15/h4-7,11-12,15H,8-10H2,1-3H3,(H2,19,20,22,23)/t12-,15-/m1/s1. The maximum atomic E-state index is 11.9. The quantitative estimate of drug-likeness (QED) is 0.456. The number of rotatable bonds is 7. The van der Waals surface area contributed by atoms with Crippen molar-refractivity contribution in [3.63, 3.8) is 0 Å². The van der Waals surface area contributed by atoms with Crippen molar-refractivity contribution in [2.24, 2.45) is 11.8 Å². The van der Waals surface area contributed by atoms with Crippen LogP contribution in [0.4, 0.5) is 4.79 Å². The van der Waals surface area contributed by atoms with Crippen LogP contribution in [0.3, 0.4) is 0 Å². The van der Waals surface area contributed by atoms with Crippen LogP contribution in [0.1, 0.15) is 39.2 Å². The molecule has 1 saturated heterocycles. The van der Waals surface area contributed by atoms with Crippen molar-refractivity contribution in [2.45, 2.75) is 46.1 Å². The van der Waals surface area contributed by atoms with Crippen molar-refractivity contribution < 1.29 is 19.1 Å². The molecule has 0 saturated carbocycles. The predicted molar refractivity (Wildman–Crippen MR) is 89.5 cm³/mol. The summed E-state index contributed by atoms with van der Waals surface area (Å²) >= 11 is 0. The summed E-state index contributed by atoms with van der Waals surface area (Å²) in [6.45, 7) is 6.31. The lowest BCUT2D eigenvalue weighted by molar-refractivity contribution is -0.135. The van der Waals surface area contributed by atoms with Gasteiger partial charge in [-0.3, -0.25) is 14.9 Å². The van der Waals surface area contributed by atoms with E-state index in [0.29, 0.717) is 30.4 Å². The summed E-state index contributed by atoms with van der Waals surface area (Å²) in [5.74, 6) is 0.773. The van der Waals surface area contributed by atoms with Gasteiger partial charge in [0.25, 0.3) is 5.91 Å². The van der Waals surface area contributed by atoms with Gasteiger partial charge in [0.15, 0.2) is 0 Å². The van der Waals surface area contributed by atoms with Gasteiger partial charge < -0.3 is 10.1 Å². The van der Waals surface area contributed by atoms with Gasteiger partial charge in [-0.1, -0.05) is 32.9 Å². The average molecular weight is 332 g/mol. The average Bonchev–Trinajstić information content (AvgIpc) is 2.77. The first kappa shape index (κ1) is 18.0. The van der Waals surface area contributed by atoms with E-state index < -0.39 is 12.1 Å². The van der Waals surface area contributed by atoms with Gasteiger partial charge in [-0.25, -0.2) is 4.79 Å². The molecule has 6 heteroatoms. The van der Waals surface area contributed by atoms with E-state index in [-0.39, 0.29) is 11.9 Å². The lowest BCUT2D eigenvalue weighted by Gasteiger charge is -2.13. The van der Waals surface area contributed by atoms with E-state index in [9.17, 15) is 14.4 Å². The summed E-state index contributed by atoms with van der Waals surface area (Å²) < 4.78 is 5.34. The fourth-order valence-electron chi connectivity index (χ4n) is 2.88. The van der Waals surface area contributed by atoms with E-state index in [4.69, 9.17) is 4.74 Å². The Morgan fingerprint density at radius 2 is 1.83 bits per heavy atom. The van der Waals surface area contributed by atoms with Crippen LogP contribution in [0.15, 0.2) is 24.3 Å². The number of hydrogen-bond acceptors (Lipinski definition) is 4. The van der Waals surface area contributed by atoms with Crippen LogP contribution in [-0.4, -0.2) is 23.9 Å². The zero-order valence-corrected chi connectivity index (χ0v) is 14.3. The first-order chi connectivity index (χ1) is 11.3. The number of amides is 3. The minimum Gasteiger partial charge on any atom is -0.427 e. The van der Waals surface area contributed by atoms with E-state index in [1.54, 1.807) is 24.3 Å². The van der Waals surface area contributed by atoms with Crippen molar-refractivity contribution in [3.8, 4) is 5.75 Å². The van der Waals surface area contributed by atoms with Gasteiger partial charge in [-0.15, -0.1) is 0 Å². The number of hydrogen-bond donors (Lipinski definition) is 2. The largest absolute Gasteiger partial charge is 0.427 e. The molecule has 24 heavy (non-hydrogen) atoms. The molecule has 6 nitrogen and oxygen atoms in total. The molecule has 130 valence electrons. The Kier molecular flexibility index (Phi) is 5.95. The smallest absolute Gasteiger partial charge is 0.322 e. The number of carbonyl (C=O) groups excluding carboxylic acids is 3. The lowest BCUT2D eigenvalue weighted by Crippen LogP contribution is -2.31. The Balaban J connectivity index is 1.84. The Morgan fingerprint density at radius 3 is 2.38 bits per heavy atom. The molecule has 2 rings (SSSR count). The topological polar surface area (TPSA) is 84.5 Å². The number of nitrogens with one attached hydrogen (secondary N) is 2. The van der Waals surface area contributed by atoms with Crippen LogP contribution in [0, 0.1) is 11.8 Å². The molecule has 0 aliphatic carbocycles. The Labute approximate surface area is 142 Å². The van der Waals surface area contributed by atoms with Gasteiger partial charge in [0.05, 0.1) is 0 Å². The highest BCUT2D eigenvalue weighted by Crippen LogP contribution is 2.18. The van der Waals surface area contributed by atoms with Gasteiger partial charge >= 0.3 is 12.0 Å². The van der Waals surface area contributed by atoms with E-state index in [2.05, 4.69) is 24.5 Å². The second-order valence-corrected chi connectivity index (χ2v) is 6.78. The minimum atomic E-state index is -0.553. The summed E-state index contributed by atoms with van der Waals surface area (Å²) in [6.07, 6.45) is 1.79. The van der Waals surface area contributed by atoms with Crippen molar-refractivity contribution in [3.05, 3.63) is 29.8 Å². The molecule has 1 aliphatic rings. The summed E-state index contributed by atoms with van der Waals surface area (Å²) in [4.78, 5) is 34.5. The molecule has 1 heterocycles. The van der Waals surface area contributed by atoms with Gasteiger partial charge in [-0.2, -0.15) is 0 Å². The van der Waals surface area contributed by atoms with Crippen molar-refractivity contribution >= 4 is 17.9 Å². The number of ether oxygens (including phenoxy) is 1. The van der Waals surface area contributed by atoms with Crippen LogP contribution in [0.25, 0.3) is 0 Å². The second kappa shape index (κ2) is 7.95. The Morgan fingerprint density at radius 1 is 1.17 bits per heavy atom. The predicted octanol–water partition coefficient (Wildman–Crippen LogP) is 2.41. The van der Waals surface area contributed by atoms with Crippen LogP contribution < -0.4 is 15.4 Å². The molecule has 0 radical (unpaired) electrons. The van der Waals surface area contributed by atoms with E-state index in [1.807, 2.05) is 6.92 Å². The summed E-state index contributed by atoms with van der Waals surface area (Å²) in [5.41, 5.74) is 0.880. The molecule has 3 amide bonds. The van der Waals surface area contributed by atoms with E-state index in [0.717, 1.165) is 12.0 Å². The summed E-state index contributed by atoms with van der Waals surface area (Å²) in [6, 6.07) is 5.97. The highest BCUT2D eigenvalue weighted by atomic mass is 16.5. The summed E-state index contributed by atoms with van der Waals surface area (Å²) in [7, 11) is 0. The van der Waals surface area contributed by atoms with Gasteiger partial charge in [-0.05, 0) is 36.0 Å². The number of esters is 1. The van der Waals surface area contributed by atoms with Crippen molar-refractivity contribution in [1.82, 2.24) is 10.6 Å². The maximum absolute atomic E-state index is 11.9. The molecule has 1 aromatic rings. The summed E-state index contributed by atoms with van der Waals surface area (Å²) in [5, 5.41) is 4.75. The molecule has 1 aliphatic heterocycles. The first-order valence-corrected chi connectivity index (χ1v) is 8.24. The van der Waals surface area contributed by atoms with Crippen LogP contribution in [0.5, 0.6) is 5.75 Å². The highest BCUT2D eigenvalue weighted by molar-refractivity contribution is 6.04. The Hall–Kier alpha value is -2.37. The molecule has 0 spiro atoms. The number of benzene rings is 1. The van der Waals surface area contributed by atoms with Gasteiger partial charge in [0.2, 0.25) is 0 Å². The molecule has 1 fully saturated rings. The van der Waals surface area contributed by atoms with Gasteiger partial charge in [0.1, 0.15) is 11.8 Å². The molecule has 1 aromatic carbocycles. The number of carbonyl (C=O) groups is 3. The SMILES string of the molecule is CC(C)C[C@@H](C)CC(=O)Oc1ccc(C[C@H]2NC(=O)NC2=O)cc1. The zero-order valence-electron chi connectivity index (χ0n) is 14.3. The third kappa shape index (κ3) is 5.37. The highest BCUT2D eigenvalue weighted by Gasteiger charge is 2.29. The molecule has 0 unspecified atom stereocenters. The van der Waals surface area contributed by atoms with Crippen LogP contribution in [0.2, 0.25) is 0 Å². The van der Waals surface area contributed by atoms with Crippen molar-refractivity contribution in [2.75, 3.05) is 0 Å². The first-order valence-electron chi connectivity index (χ1n) is 8.24. The molecular formula is C18H24N2O4. The van der Waals surface area contributed by atoms with E-state index in [1.165, 1.54) is 0 Å². The lowest BCUT2D eigenvalue weighted by atomic mass is 9.96. The minimum absolute atomic E-state index is 0.238. The van der Waals surface area contributed by atoms with Gasteiger partial charge in [0, 0.05) is 12.8 Å². The number of urea groups is 1. The van der Waals surface area contributed by atoms with Crippen LogP contribution >= 0.6 is 0 Å². The normalized spacial score (nSPS) is 18.2. The molecule has 2 atom stereocenters. The number of imide groups is 1. The molecule has 0 bridgehead atoms. The molecule has 2 N–H and O–H groups in total. The zero-order chi connectivity index (χ0) is 17.7. The molecular weight excluding hydrogens is 308 g/mol. The molecule has 0 aromatic heterocycles. The van der Waals surface area contributed by atoms with Crippen molar-refractivity contribution in [1.29, 1.82) is 0 Å². The van der Waals surface area contributed by atoms with Crippen LogP contribution in [-0.2, 0) is 16.0 Å². The fraction of sp³-hybridized carbons (Fsp3) is 0.500. The van der Waals surface area contributed by atoms with E-state index >= 15 is 0 Å². The second-order valence-electron chi connectivity index (χ2n) is 6.78. The third-order valence-corrected chi connectivity index (χ3v) is 3.84. The fourth-order valence-corrected chi connectivity index (χ4v) is 2.88. The third-order valence-electron chi connectivity index (χ3n) is 3.84. The Bertz CT molecular complexity index is 610. The monoisotopic (exact) mass is 332 g/mol. The maximum Gasteiger partial charge on any atom is 0.322 e.